The van der Waals surface area contributed by atoms with Gasteiger partial charge in [0.05, 0.1) is 6.33 Å². The van der Waals surface area contributed by atoms with Crippen molar-refractivity contribution in [2.75, 3.05) is 13.1 Å². The first-order valence-corrected chi connectivity index (χ1v) is 5.64. The monoisotopic (exact) mass is 249 g/mol. The van der Waals surface area contributed by atoms with Crippen LogP contribution < -0.4 is 11.1 Å². The van der Waals surface area contributed by atoms with Crippen molar-refractivity contribution >= 4 is 5.91 Å². The molecule has 0 saturated heterocycles. The van der Waals surface area contributed by atoms with E-state index in [2.05, 4.69) is 25.5 Å². The zero-order chi connectivity index (χ0) is 12.8. The van der Waals surface area contributed by atoms with Gasteiger partial charge in [-0.3, -0.25) is 9.89 Å². The Morgan fingerprint density at radius 1 is 1.50 bits per heavy atom. The highest BCUT2D eigenvalue weighted by Crippen LogP contribution is 1.96. The number of aromatic amines is 1. The van der Waals surface area contributed by atoms with Crippen LogP contribution in [0.3, 0.4) is 0 Å². The van der Waals surface area contributed by atoms with Crippen LogP contribution in [-0.2, 0) is 13.0 Å². The molecule has 8 heteroatoms. The molecule has 96 valence electrons. The van der Waals surface area contributed by atoms with Crippen LogP contribution in [0, 0.1) is 0 Å². The average Bonchev–Trinajstić information content (AvgIpc) is 3.00. The van der Waals surface area contributed by atoms with Gasteiger partial charge in [-0.2, -0.15) is 5.10 Å². The second-order valence-corrected chi connectivity index (χ2v) is 3.72. The number of hydrogen-bond acceptors (Lipinski definition) is 5. The van der Waals surface area contributed by atoms with Crippen molar-refractivity contribution in [3.05, 3.63) is 30.4 Å². The minimum atomic E-state index is -0.203. The number of rotatable bonds is 6. The van der Waals surface area contributed by atoms with E-state index >= 15 is 0 Å². The average molecular weight is 249 g/mol. The minimum Gasteiger partial charge on any atom is -0.350 e. The molecular formula is C10H15N7O. The summed E-state index contributed by atoms with van der Waals surface area (Å²) in [5.74, 6) is 0.536. The largest absolute Gasteiger partial charge is 0.350 e. The van der Waals surface area contributed by atoms with E-state index < -0.39 is 0 Å². The molecule has 0 aliphatic heterocycles. The Labute approximate surface area is 104 Å². The van der Waals surface area contributed by atoms with Crippen molar-refractivity contribution in [3.63, 3.8) is 0 Å². The van der Waals surface area contributed by atoms with E-state index in [0.717, 1.165) is 5.82 Å². The van der Waals surface area contributed by atoms with Crippen LogP contribution in [0.25, 0.3) is 0 Å². The molecule has 8 nitrogen and oxygen atoms in total. The highest BCUT2D eigenvalue weighted by molar-refractivity contribution is 5.91. The lowest BCUT2D eigenvalue weighted by Gasteiger charge is -2.00. The Bertz CT molecular complexity index is 490. The molecule has 18 heavy (non-hydrogen) atoms. The van der Waals surface area contributed by atoms with Gasteiger partial charge in [-0.05, 0) is 0 Å². The van der Waals surface area contributed by atoms with Gasteiger partial charge in [0.1, 0.15) is 17.8 Å². The SMILES string of the molecule is NCCn1cnc(C(=O)NCCc2ncn[nH]2)c1. The number of imidazole rings is 1. The van der Waals surface area contributed by atoms with Crippen molar-refractivity contribution < 1.29 is 4.79 Å². The van der Waals surface area contributed by atoms with E-state index in [4.69, 9.17) is 5.73 Å². The van der Waals surface area contributed by atoms with Crippen LogP contribution in [0.1, 0.15) is 16.3 Å². The molecule has 4 N–H and O–H groups in total. The lowest BCUT2D eigenvalue weighted by Crippen LogP contribution is -2.26. The van der Waals surface area contributed by atoms with Crippen molar-refractivity contribution in [3.8, 4) is 0 Å². The molecule has 0 aliphatic rings. The predicted molar refractivity (Wildman–Crippen MR) is 63.7 cm³/mol. The Kier molecular flexibility index (Phi) is 4.02. The summed E-state index contributed by atoms with van der Waals surface area (Å²) in [6, 6.07) is 0. The maximum atomic E-state index is 11.7. The van der Waals surface area contributed by atoms with Crippen molar-refractivity contribution in [1.82, 2.24) is 30.0 Å². The minimum absolute atomic E-state index is 0.203. The Balaban J connectivity index is 1.80. The second-order valence-electron chi connectivity index (χ2n) is 3.72. The van der Waals surface area contributed by atoms with Gasteiger partial charge < -0.3 is 15.6 Å². The zero-order valence-corrected chi connectivity index (χ0v) is 9.83. The normalized spacial score (nSPS) is 10.5. The van der Waals surface area contributed by atoms with Gasteiger partial charge in [-0.25, -0.2) is 9.97 Å². The van der Waals surface area contributed by atoms with Crippen LogP contribution in [-0.4, -0.2) is 43.7 Å². The predicted octanol–water partition coefficient (Wildman–Crippen LogP) is -1.07. The summed E-state index contributed by atoms with van der Waals surface area (Å²) in [5.41, 5.74) is 5.80. The number of carbonyl (C=O) groups is 1. The third-order valence-electron chi connectivity index (χ3n) is 2.37. The topological polar surface area (TPSA) is 115 Å². The zero-order valence-electron chi connectivity index (χ0n) is 9.83. The number of aromatic nitrogens is 5. The molecule has 0 unspecified atom stereocenters. The maximum absolute atomic E-state index is 11.7. The number of carbonyl (C=O) groups excluding carboxylic acids is 1. The summed E-state index contributed by atoms with van der Waals surface area (Å²) in [4.78, 5) is 19.7. The van der Waals surface area contributed by atoms with Gasteiger partial charge in [0.15, 0.2) is 0 Å². The molecule has 0 radical (unpaired) electrons. The first kappa shape index (κ1) is 12.2. The van der Waals surface area contributed by atoms with Gasteiger partial charge in [0.25, 0.3) is 5.91 Å². The molecule has 2 aromatic rings. The van der Waals surface area contributed by atoms with Gasteiger partial charge in [-0.15, -0.1) is 0 Å². The highest BCUT2D eigenvalue weighted by atomic mass is 16.1. The van der Waals surface area contributed by atoms with Crippen LogP contribution in [0.4, 0.5) is 0 Å². The number of H-pyrrole nitrogens is 1. The molecule has 0 atom stereocenters. The molecule has 0 spiro atoms. The van der Waals surface area contributed by atoms with Crippen LogP contribution in [0.5, 0.6) is 0 Å². The summed E-state index contributed by atoms with van der Waals surface area (Å²) in [7, 11) is 0. The van der Waals surface area contributed by atoms with Crippen LogP contribution >= 0.6 is 0 Å². The number of nitrogens with two attached hydrogens (primary N) is 1. The first-order valence-electron chi connectivity index (χ1n) is 5.64. The van der Waals surface area contributed by atoms with Crippen molar-refractivity contribution in [2.24, 2.45) is 5.73 Å². The summed E-state index contributed by atoms with van der Waals surface area (Å²) in [5, 5.41) is 9.21. The molecule has 2 rings (SSSR count). The molecule has 0 fully saturated rings. The summed E-state index contributed by atoms with van der Waals surface area (Å²) < 4.78 is 1.78. The fourth-order valence-electron chi connectivity index (χ4n) is 1.48. The molecule has 0 saturated carbocycles. The van der Waals surface area contributed by atoms with Gasteiger partial charge >= 0.3 is 0 Å². The number of nitrogens with one attached hydrogen (secondary N) is 2. The second kappa shape index (κ2) is 5.92. The molecule has 0 aromatic carbocycles. The summed E-state index contributed by atoms with van der Waals surface area (Å²) in [6.07, 6.45) is 5.32. The van der Waals surface area contributed by atoms with Crippen LogP contribution in [0.15, 0.2) is 18.9 Å². The molecule has 1 amide bonds. The van der Waals surface area contributed by atoms with E-state index in [1.165, 1.54) is 6.33 Å². The smallest absolute Gasteiger partial charge is 0.271 e. The van der Waals surface area contributed by atoms with E-state index in [0.29, 0.717) is 31.7 Å². The Hall–Kier alpha value is -2.22. The maximum Gasteiger partial charge on any atom is 0.271 e. The Morgan fingerprint density at radius 3 is 3.11 bits per heavy atom. The lowest BCUT2D eigenvalue weighted by molar-refractivity contribution is 0.0949. The van der Waals surface area contributed by atoms with E-state index in [1.54, 1.807) is 17.1 Å². The first-order chi connectivity index (χ1) is 8.79. The van der Waals surface area contributed by atoms with Gasteiger partial charge in [0, 0.05) is 32.3 Å². The molecule has 0 aliphatic carbocycles. The van der Waals surface area contributed by atoms with Crippen molar-refractivity contribution in [2.45, 2.75) is 13.0 Å². The third kappa shape index (κ3) is 3.14. The van der Waals surface area contributed by atoms with E-state index in [-0.39, 0.29) is 5.91 Å². The number of amides is 1. The van der Waals surface area contributed by atoms with Gasteiger partial charge in [0.2, 0.25) is 0 Å². The third-order valence-corrected chi connectivity index (χ3v) is 2.37. The number of hydrogen-bond donors (Lipinski definition) is 3. The fraction of sp³-hybridized carbons (Fsp3) is 0.400. The summed E-state index contributed by atoms with van der Waals surface area (Å²) in [6.45, 7) is 1.65. The van der Waals surface area contributed by atoms with E-state index in [9.17, 15) is 4.79 Å². The lowest BCUT2D eigenvalue weighted by atomic mass is 10.4. The van der Waals surface area contributed by atoms with Crippen molar-refractivity contribution in [1.29, 1.82) is 0 Å². The summed E-state index contributed by atoms with van der Waals surface area (Å²) >= 11 is 0. The highest BCUT2D eigenvalue weighted by Gasteiger charge is 2.08. The van der Waals surface area contributed by atoms with Gasteiger partial charge in [-0.1, -0.05) is 0 Å². The Morgan fingerprint density at radius 2 is 2.39 bits per heavy atom. The van der Waals surface area contributed by atoms with Crippen LogP contribution in [0.2, 0.25) is 0 Å². The molecule has 0 bridgehead atoms. The van der Waals surface area contributed by atoms with E-state index in [1.807, 2.05) is 0 Å². The number of nitrogens with zero attached hydrogens (tertiary/aromatic N) is 4. The molecular weight excluding hydrogens is 234 g/mol. The quantitative estimate of drug-likeness (QED) is 0.603. The molecule has 2 heterocycles. The standard InChI is InChI=1S/C10H15N7O/c11-2-4-17-5-8(14-7-17)10(18)12-3-1-9-13-6-15-16-9/h5-7H,1-4,11H2,(H,12,18)(H,13,15,16). The fourth-order valence-corrected chi connectivity index (χ4v) is 1.48. The molecule has 2 aromatic heterocycles.